The van der Waals surface area contributed by atoms with Crippen LogP contribution < -0.4 is 0 Å². The molecule has 3 rings (SSSR count). The van der Waals surface area contributed by atoms with Crippen LogP contribution in [0.4, 0.5) is 0 Å². The monoisotopic (exact) mass is 334 g/mol. The Labute approximate surface area is 137 Å². The zero-order valence-corrected chi connectivity index (χ0v) is 13.8. The van der Waals surface area contributed by atoms with Crippen LogP contribution in [0.5, 0.6) is 0 Å². The van der Waals surface area contributed by atoms with E-state index in [-0.39, 0.29) is 5.91 Å². The number of hydrogen-bond acceptors (Lipinski definition) is 5. The lowest BCUT2D eigenvalue weighted by molar-refractivity contribution is -0.144. The van der Waals surface area contributed by atoms with E-state index in [2.05, 4.69) is 10.1 Å². The summed E-state index contributed by atoms with van der Waals surface area (Å²) in [7, 11) is 1.82. The number of amides is 1. The Morgan fingerprint density at radius 2 is 2.22 bits per heavy atom. The quantitative estimate of drug-likeness (QED) is 0.926. The van der Waals surface area contributed by atoms with Crippen molar-refractivity contribution in [3.63, 3.8) is 0 Å². The largest absolute Gasteiger partial charge is 0.480 e. The van der Waals surface area contributed by atoms with E-state index in [1.807, 2.05) is 20.2 Å². The molecule has 1 aliphatic rings. The van der Waals surface area contributed by atoms with Gasteiger partial charge in [-0.05, 0) is 18.8 Å². The fraction of sp³-hybridized carbons (Fsp3) is 0.467. The number of rotatable bonds is 3. The van der Waals surface area contributed by atoms with E-state index in [1.165, 1.54) is 16.2 Å². The number of piperidine rings is 1. The Bertz CT molecular complexity index is 739. The van der Waals surface area contributed by atoms with Gasteiger partial charge in [0, 0.05) is 30.7 Å². The van der Waals surface area contributed by atoms with Gasteiger partial charge >= 0.3 is 5.97 Å². The van der Waals surface area contributed by atoms with Crippen LogP contribution in [-0.4, -0.2) is 49.2 Å². The molecule has 0 aliphatic carbocycles. The van der Waals surface area contributed by atoms with Gasteiger partial charge in [-0.1, -0.05) is 6.92 Å². The molecule has 1 fully saturated rings. The Hall–Kier alpha value is -2.22. The molecular weight excluding hydrogens is 316 g/mol. The first kappa shape index (κ1) is 15.7. The van der Waals surface area contributed by atoms with Gasteiger partial charge in [-0.2, -0.15) is 5.10 Å². The van der Waals surface area contributed by atoms with Crippen LogP contribution in [0.1, 0.15) is 30.3 Å². The van der Waals surface area contributed by atoms with Crippen LogP contribution in [0.25, 0.3) is 10.6 Å². The molecule has 0 radical (unpaired) electrons. The minimum absolute atomic E-state index is 0.301. The highest BCUT2D eigenvalue weighted by Gasteiger charge is 2.35. The first-order valence-electron chi connectivity index (χ1n) is 7.44. The molecule has 2 aromatic rings. The lowest BCUT2D eigenvalue weighted by Crippen LogP contribution is -2.49. The van der Waals surface area contributed by atoms with Crippen molar-refractivity contribution in [2.75, 3.05) is 6.54 Å². The average molecular weight is 334 g/mol. The Balaban J connectivity index is 1.82. The van der Waals surface area contributed by atoms with Crippen LogP contribution in [0.3, 0.4) is 0 Å². The van der Waals surface area contributed by atoms with Crippen molar-refractivity contribution in [1.29, 1.82) is 0 Å². The number of thiazole rings is 1. The molecule has 1 N–H and O–H groups in total. The van der Waals surface area contributed by atoms with Crippen molar-refractivity contribution in [3.05, 3.63) is 23.5 Å². The van der Waals surface area contributed by atoms with Gasteiger partial charge in [-0.15, -0.1) is 11.3 Å². The average Bonchev–Trinajstić information content (AvgIpc) is 3.15. The van der Waals surface area contributed by atoms with E-state index < -0.39 is 12.0 Å². The minimum Gasteiger partial charge on any atom is -0.480 e. The number of likely N-dealkylation sites (tertiary alicyclic amines) is 1. The van der Waals surface area contributed by atoms with Crippen molar-refractivity contribution in [2.24, 2.45) is 13.0 Å². The van der Waals surface area contributed by atoms with Gasteiger partial charge in [-0.25, -0.2) is 9.78 Å². The van der Waals surface area contributed by atoms with E-state index in [9.17, 15) is 14.7 Å². The number of aryl methyl sites for hydroxylation is 1. The fourth-order valence-electron chi connectivity index (χ4n) is 2.80. The third-order valence-corrected chi connectivity index (χ3v) is 4.98. The van der Waals surface area contributed by atoms with Crippen LogP contribution in [0.15, 0.2) is 17.8 Å². The SMILES string of the molecule is CC1CCN(C(=O)c2csc(-c3cnn(C)c3)n2)C(C(=O)O)C1. The Morgan fingerprint density at radius 1 is 1.43 bits per heavy atom. The normalized spacial score (nSPS) is 21.4. The molecule has 122 valence electrons. The maximum Gasteiger partial charge on any atom is 0.326 e. The number of carbonyl (C=O) groups is 2. The van der Waals surface area contributed by atoms with E-state index in [1.54, 1.807) is 16.3 Å². The van der Waals surface area contributed by atoms with Gasteiger partial charge < -0.3 is 10.0 Å². The van der Waals surface area contributed by atoms with Gasteiger partial charge in [0.05, 0.1) is 6.20 Å². The highest BCUT2D eigenvalue weighted by molar-refractivity contribution is 7.13. The summed E-state index contributed by atoms with van der Waals surface area (Å²) in [5.41, 5.74) is 1.15. The summed E-state index contributed by atoms with van der Waals surface area (Å²) in [6.45, 7) is 2.47. The van der Waals surface area contributed by atoms with Gasteiger partial charge in [-0.3, -0.25) is 9.48 Å². The highest BCUT2D eigenvalue weighted by Crippen LogP contribution is 2.27. The van der Waals surface area contributed by atoms with Gasteiger partial charge in [0.2, 0.25) is 0 Å². The van der Waals surface area contributed by atoms with Crippen LogP contribution >= 0.6 is 11.3 Å². The number of aromatic nitrogens is 3. The Morgan fingerprint density at radius 3 is 2.87 bits per heavy atom. The lowest BCUT2D eigenvalue weighted by atomic mass is 9.92. The smallest absolute Gasteiger partial charge is 0.326 e. The topological polar surface area (TPSA) is 88.3 Å². The van der Waals surface area contributed by atoms with Crippen molar-refractivity contribution in [2.45, 2.75) is 25.8 Å². The molecule has 0 aromatic carbocycles. The minimum atomic E-state index is -0.951. The first-order chi connectivity index (χ1) is 11.0. The maximum atomic E-state index is 12.7. The number of nitrogens with zero attached hydrogens (tertiary/aromatic N) is 4. The third kappa shape index (κ3) is 3.12. The second-order valence-electron chi connectivity index (χ2n) is 5.92. The summed E-state index contributed by atoms with van der Waals surface area (Å²) in [5.74, 6) is -0.954. The molecule has 0 spiro atoms. The van der Waals surface area contributed by atoms with Crippen LogP contribution in [0.2, 0.25) is 0 Å². The van der Waals surface area contributed by atoms with Gasteiger partial charge in [0.1, 0.15) is 16.7 Å². The van der Waals surface area contributed by atoms with E-state index >= 15 is 0 Å². The second-order valence-corrected chi connectivity index (χ2v) is 6.78. The van der Waals surface area contributed by atoms with E-state index in [0.29, 0.717) is 29.6 Å². The van der Waals surface area contributed by atoms with Crippen LogP contribution in [0, 0.1) is 5.92 Å². The molecule has 3 heterocycles. The van der Waals surface area contributed by atoms with Crippen molar-refractivity contribution >= 4 is 23.2 Å². The summed E-state index contributed by atoms with van der Waals surface area (Å²) < 4.78 is 1.67. The maximum absolute atomic E-state index is 12.7. The Kier molecular flexibility index (Phi) is 4.16. The molecule has 1 aliphatic heterocycles. The molecule has 1 saturated heterocycles. The van der Waals surface area contributed by atoms with Crippen molar-refractivity contribution in [3.8, 4) is 10.6 Å². The standard InChI is InChI=1S/C15H18N4O3S/c1-9-3-4-19(12(5-9)15(21)22)14(20)11-8-23-13(17-11)10-6-16-18(2)7-10/h6-9,12H,3-5H2,1-2H3,(H,21,22). The molecule has 2 unspecified atom stereocenters. The van der Waals surface area contributed by atoms with Gasteiger partial charge in [0.25, 0.3) is 5.91 Å². The molecule has 7 nitrogen and oxygen atoms in total. The molecule has 0 saturated carbocycles. The summed E-state index contributed by atoms with van der Waals surface area (Å²) >= 11 is 1.36. The molecule has 2 aromatic heterocycles. The predicted molar refractivity (Wildman–Crippen MR) is 85.2 cm³/mol. The number of carboxylic acid groups (broad SMARTS) is 1. The predicted octanol–water partition coefficient (Wildman–Crippen LogP) is 1.87. The molecule has 0 bridgehead atoms. The lowest BCUT2D eigenvalue weighted by Gasteiger charge is -2.35. The molecule has 2 atom stereocenters. The molecule has 8 heteroatoms. The van der Waals surface area contributed by atoms with Crippen LogP contribution in [-0.2, 0) is 11.8 Å². The van der Waals surface area contributed by atoms with E-state index in [4.69, 9.17) is 0 Å². The van der Waals surface area contributed by atoms with E-state index in [0.717, 1.165) is 12.0 Å². The summed E-state index contributed by atoms with van der Waals surface area (Å²) in [5, 5.41) is 15.9. The zero-order valence-electron chi connectivity index (χ0n) is 13.0. The summed E-state index contributed by atoms with van der Waals surface area (Å²) in [6.07, 6.45) is 4.82. The number of aliphatic carboxylic acids is 1. The first-order valence-corrected chi connectivity index (χ1v) is 8.32. The molecule has 23 heavy (non-hydrogen) atoms. The number of carboxylic acids is 1. The highest BCUT2D eigenvalue weighted by atomic mass is 32.1. The fourth-order valence-corrected chi connectivity index (χ4v) is 3.57. The summed E-state index contributed by atoms with van der Waals surface area (Å²) in [6, 6.07) is -0.769. The second kappa shape index (κ2) is 6.11. The van der Waals surface area contributed by atoms with Crippen molar-refractivity contribution in [1.82, 2.24) is 19.7 Å². The summed E-state index contributed by atoms with van der Waals surface area (Å²) in [4.78, 5) is 29.9. The zero-order chi connectivity index (χ0) is 16.6. The molecule has 1 amide bonds. The van der Waals surface area contributed by atoms with Crippen molar-refractivity contribution < 1.29 is 14.7 Å². The number of hydrogen-bond donors (Lipinski definition) is 1. The van der Waals surface area contributed by atoms with Gasteiger partial charge in [0.15, 0.2) is 0 Å². The third-order valence-electron chi connectivity index (χ3n) is 4.09. The molecular formula is C15H18N4O3S. The number of carbonyl (C=O) groups excluding carboxylic acids is 1.